The van der Waals surface area contributed by atoms with Gasteiger partial charge in [0.25, 0.3) is 0 Å². The van der Waals surface area contributed by atoms with Crippen molar-refractivity contribution in [2.75, 3.05) is 0 Å². The van der Waals surface area contributed by atoms with Crippen molar-refractivity contribution in [1.29, 1.82) is 0 Å². The number of fused-ring (bicyclic) bond motifs is 1. The van der Waals surface area contributed by atoms with E-state index < -0.39 is 28.6 Å². The Kier molecular flexibility index (Phi) is 3.40. The van der Waals surface area contributed by atoms with E-state index in [0.29, 0.717) is 12.8 Å². The Morgan fingerprint density at radius 1 is 0.900 bits per heavy atom. The van der Waals surface area contributed by atoms with Crippen molar-refractivity contribution in [2.24, 2.45) is 5.41 Å². The quantitative estimate of drug-likeness (QED) is 0.442. The Morgan fingerprint density at radius 2 is 1.25 bits per heavy atom. The number of rotatable bonds is 2. The summed E-state index contributed by atoms with van der Waals surface area (Å²) in [5.41, 5.74) is -2.45. The number of hydrogen-bond donors (Lipinski definition) is 0. The van der Waals surface area contributed by atoms with Crippen molar-refractivity contribution in [3.05, 3.63) is 0 Å². The number of ether oxygens (including phenoxy) is 3. The second-order valence-electron chi connectivity index (χ2n) is 7.71. The van der Waals surface area contributed by atoms with Crippen molar-refractivity contribution in [1.82, 2.24) is 0 Å². The van der Waals surface area contributed by atoms with E-state index in [1.807, 2.05) is 0 Å². The van der Waals surface area contributed by atoms with E-state index in [9.17, 15) is 9.59 Å². The summed E-state index contributed by atoms with van der Waals surface area (Å²) in [5.74, 6) is -0.981. The van der Waals surface area contributed by atoms with E-state index in [0.717, 1.165) is 0 Å². The highest BCUT2D eigenvalue weighted by molar-refractivity contribution is 6.01. The molecule has 1 aliphatic carbocycles. The van der Waals surface area contributed by atoms with Gasteiger partial charge >= 0.3 is 11.9 Å². The minimum absolute atomic E-state index is 0.00460. The zero-order valence-electron chi connectivity index (χ0n) is 13.1. The summed E-state index contributed by atoms with van der Waals surface area (Å²) in [6.07, 6.45) is 0.716. The molecule has 2 fully saturated rings. The largest absolute Gasteiger partial charge is 0.459 e. The first-order chi connectivity index (χ1) is 8.93. The van der Waals surface area contributed by atoms with Gasteiger partial charge in [-0.1, -0.05) is 0 Å². The molecule has 114 valence electrons. The lowest BCUT2D eigenvalue weighted by Gasteiger charge is -2.32. The van der Waals surface area contributed by atoms with Crippen LogP contribution in [0.3, 0.4) is 0 Å². The van der Waals surface area contributed by atoms with Gasteiger partial charge in [0.2, 0.25) is 0 Å². The average Bonchev–Trinajstić information content (AvgIpc) is 2.80. The number of carbonyl (C=O) groups is 2. The van der Waals surface area contributed by atoms with Crippen LogP contribution in [0.25, 0.3) is 0 Å². The average molecular weight is 284 g/mol. The summed E-state index contributed by atoms with van der Waals surface area (Å²) >= 11 is 0. The van der Waals surface area contributed by atoms with Crippen molar-refractivity contribution in [3.63, 3.8) is 0 Å². The molecule has 0 spiro atoms. The van der Waals surface area contributed by atoms with Crippen LogP contribution in [0, 0.1) is 5.41 Å². The highest BCUT2D eigenvalue weighted by Crippen LogP contribution is 2.52. The molecule has 20 heavy (non-hydrogen) atoms. The van der Waals surface area contributed by atoms with Crippen LogP contribution in [-0.2, 0) is 23.8 Å². The molecule has 1 heterocycles. The molecule has 0 aromatic rings. The Balaban J connectivity index is 2.18. The second-order valence-corrected chi connectivity index (χ2v) is 7.71. The van der Waals surface area contributed by atoms with E-state index in [-0.39, 0.29) is 12.2 Å². The molecule has 5 heteroatoms. The van der Waals surface area contributed by atoms with E-state index in [1.54, 1.807) is 41.5 Å². The number of carbonyl (C=O) groups excluding carboxylic acids is 2. The fourth-order valence-corrected chi connectivity index (χ4v) is 2.48. The number of esters is 2. The maximum absolute atomic E-state index is 12.5. The van der Waals surface area contributed by atoms with Crippen LogP contribution in [0.5, 0.6) is 0 Å². The minimum Gasteiger partial charge on any atom is -0.459 e. The Hall–Kier alpha value is -1.10. The van der Waals surface area contributed by atoms with Gasteiger partial charge in [-0.05, 0) is 41.5 Å². The molecule has 2 aliphatic rings. The molecule has 1 saturated carbocycles. The number of epoxide rings is 1. The van der Waals surface area contributed by atoms with Crippen LogP contribution < -0.4 is 0 Å². The van der Waals surface area contributed by atoms with E-state index in [1.165, 1.54) is 0 Å². The molecule has 1 aliphatic heterocycles. The van der Waals surface area contributed by atoms with Gasteiger partial charge in [-0.15, -0.1) is 0 Å². The van der Waals surface area contributed by atoms with Gasteiger partial charge in [0, 0.05) is 12.8 Å². The summed E-state index contributed by atoms with van der Waals surface area (Å²) in [7, 11) is 0. The molecule has 0 radical (unpaired) electrons. The van der Waals surface area contributed by atoms with Crippen LogP contribution in [0.1, 0.15) is 54.4 Å². The van der Waals surface area contributed by atoms with Crippen LogP contribution in [0.4, 0.5) is 0 Å². The van der Waals surface area contributed by atoms with E-state index >= 15 is 0 Å². The third kappa shape index (κ3) is 3.14. The standard InChI is InChI=1S/C15H24O5/c1-13(2,3)19-11(16)15(7-9-10(8-15)18-9)12(17)20-14(4,5)6/h9-10H,7-8H2,1-6H3/t9-,10+. The number of hydrogen-bond acceptors (Lipinski definition) is 5. The lowest BCUT2D eigenvalue weighted by molar-refractivity contribution is -0.186. The molecule has 0 unspecified atom stereocenters. The van der Waals surface area contributed by atoms with Crippen molar-refractivity contribution in [2.45, 2.75) is 77.8 Å². The van der Waals surface area contributed by atoms with Crippen LogP contribution >= 0.6 is 0 Å². The van der Waals surface area contributed by atoms with Gasteiger partial charge in [0.05, 0.1) is 12.2 Å². The highest BCUT2D eigenvalue weighted by Gasteiger charge is 2.65. The van der Waals surface area contributed by atoms with Crippen molar-refractivity contribution < 1.29 is 23.8 Å². The molecule has 2 rings (SSSR count). The predicted octanol–water partition coefficient (Wildman–Crippen LogP) is 2.22. The molecule has 0 aromatic heterocycles. The Bertz CT molecular complexity index is 387. The smallest absolute Gasteiger partial charge is 0.324 e. The second kappa shape index (κ2) is 4.45. The third-order valence-electron chi connectivity index (χ3n) is 3.37. The van der Waals surface area contributed by atoms with Crippen molar-refractivity contribution >= 4 is 11.9 Å². The summed E-state index contributed by atoms with van der Waals surface area (Å²) < 4.78 is 16.2. The molecule has 0 bridgehead atoms. The first-order valence-corrected chi connectivity index (χ1v) is 7.05. The van der Waals surface area contributed by atoms with Crippen molar-refractivity contribution in [3.8, 4) is 0 Å². The Labute approximate surface area is 120 Å². The first-order valence-electron chi connectivity index (χ1n) is 7.05. The van der Waals surface area contributed by atoms with Gasteiger partial charge in [-0.3, -0.25) is 9.59 Å². The lowest BCUT2D eigenvalue weighted by atomic mass is 9.85. The summed E-state index contributed by atoms with van der Waals surface area (Å²) in [5, 5.41) is 0. The first kappa shape index (κ1) is 15.3. The van der Waals surface area contributed by atoms with Gasteiger partial charge in [-0.2, -0.15) is 0 Å². The van der Waals surface area contributed by atoms with Crippen LogP contribution in [-0.4, -0.2) is 35.3 Å². The summed E-state index contributed by atoms with van der Waals surface area (Å²) in [6.45, 7) is 10.7. The fourth-order valence-electron chi connectivity index (χ4n) is 2.48. The molecule has 1 saturated heterocycles. The summed E-state index contributed by atoms with van der Waals surface area (Å²) in [4.78, 5) is 25.0. The zero-order valence-corrected chi connectivity index (χ0v) is 13.1. The van der Waals surface area contributed by atoms with Crippen LogP contribution in [0.2, 0.25) is 0 Å². The van der Waals surface area contributed by atoms with Gasteiger partial charge < -0.3 is 14.2 Å². The molecule has 0 amide bonds. The van der Waals surface area contributed by atoms with Gasteiger partial charge in [-0.25, -0.2) is 0 Å². The minimum atomic E-state index is -1.20. The SMILES string of the molecule is CC(C)(C)OC(=O)C1(C(=O)OC(C)(C)C)C[C@@H]2O[C@@H]2C1. The molecule has 0 N–H and O–H groups in total. The maximum atomic E-state index is 12.5. The predicted molar refractivity (Wildman–Crippen MR) is 72.0 cm³/mol. The summed E-state index contributed by atoms with van der Waals surface area (Å²) in [6, 6.07) is 0. The highest BCUT2D eigenvalue weighted by atomic mass is 16.6. The third-order valence-corrected chi connectivity index (χ3v) is 3.37. The molecule has 0 aromatic carbocycles. The van der Waals surface area contributed by atoms with Gasteiger partial charge in [0.15, 0.2) is 5.41 Å². The lowest BCUT2D eigenvalue weighted by Crippen LogP contribution is -2.46. The van der Waals surface area contributed by atoms with Gasteiger partial charge in [0.1, 0.15) is 11.2 Å². The van der Waals surface area contributed by atoms with E-state index in [2.05, 4.69) is 0 Å². The monoisotopic (exact) mass is 284 g/mol. The van der Waals surface area contributed by atoms with E-state index in [4.69, 9.17) is 14.2 Å². The molecular formula is C15H24O5. The zero-order chi connectivity index (χ0) is 15.3. The molecule has 2 atom stereocenters. The molecule has 5 nitrogen and oxygen atoms in total. The fraction of sp³-hybridized carbons (Fsp3) is 0.867. The Morgan fingerprint density at radius 3 is 1.55 bits per heavy atom. The normalized spacial score (nSPS) is 27.7. The topological polar surface area (TPSA) is 65.1 Å². The van der Waals surface area contributed by atoms with Crippen LogP contribution in [0.15, 0.2) is 0 Å². The maximum Gasteiger partial charge on any atom is 0.324 e. The molecular weight excluding hydrogens is 260 g/mol.